The molecule has 1 aromatic carbocycles. The van der Waals surface area contributed by atoms with Crippen LogP contribution in [0.4, 0.5) is 4.39 Å². The minimum atomic E-state index is -0.126. The largest absolute Gasteiger partial charge is 0.481 e. The van der Waals surface area contributed by atoms with Crippen LogP contribution in [0.15, 0.2) is 53.5 Å². The Labute approximate surface area is 222 Å². The van der Waals surface area contributed by atoms with Crippen LogP contribution < -0.4 is 15.9 Å². The molecule has 0 bridgehead atoms. The number of rotatable bonds is 6. The molecule has 38 heavy (non-hydrogen) atoms. The molecule has 1 fully saturated rings. The molecule has 0 spiro atoms. The molecule has 4 aromatic rings. The van der Waals surface area contributed by atoms with Gasteiger partial charge in [0, 0.05) is 19.2 Å². The second-order valence-corrected chi connectivity index (χ2v) is 9.88. The third-order valence-corrected chi connectivity index (χ3v) is 7.25. The summed E-state index contributed by atoms with van der Waals surface area (Å²) in [5, 5.41) is 0. The zero-order chi connectivity index (χ0) is 27.2. The Hall–Kier alpha value is -3.75. The first-order valence-corrected chi connectivity index (χ1v) is 13.2. The topological polar surface area (TPSA) is 89.9 Å². The molecule has 4 heterocycles. The van der Waals surface area contributed by atoms with Crippen LogP contribution in [0.25, 0.3) is 11.2 Å². The molecule has 1 aliphatic rings. The Bertz CT molecular complexity index is 1470. The fourth-order valence-corrected chi connectivity index (χ4v) is 5.21. The molecule has 0 unspecified atom stereocenters. The van der Waals surface area contributed by atoms with Crippen LogP contribution in [-0.2, 0) is 6.42 Å². The quantitative estimate of drug-likeness (QED) is 0.283. The lowest BCUT2D eigenvalue weighted by atomic mass is 9.37. The van der Waals surface area contributed by atoms with Crippen molar-refractivity contribution >= 4 is 29.1 Å². The summed E-state index contributed by atoms with van der Waals surface area (Å²) in [5.41, 5.74) is 5.23. The van der Waals surface area contributed by atoms with Gasteiger partial charge in [0.2, 0.25) is 5.88 Å². The second-order valence-electron chi connectivity index (χ2n) is 9.88. The van der Waals surface area contributed by atoms with E-state index in [-0.39, 0.29) is 23.3 Å². The van der Waals surface area contributed by atoms with Crippen molar-refractivity contribution in [1.82, 2.24) is 19.5 Å². The van der Waals surface area contributed by atoms with E-state index in [4.69, 9.17) is 4.74 Å². The number of aryl methyl sites for hydroxylation is 2. The average Bonchev–Trinajstić information content (AvgIpc) is 3.26. The molecule has 198 valence electrons. The number of pyridine rings is 2. The second kappa shape index (κ2) is 12.2. The maximum Gasteiger partial charge on any atom is 0.327 e. The SMILES string of the molecule is CCCc1cc(F)ccc1C.COc1cc(B2CCC(n3c(=O)[nH]c4ncccc43)CC2)cc(C(C)=O)n1. The number of benzene rings is 1. The fraction of sp³-hybridized carbons (Fsp3) is 0.379. The number of nitrogens with one attached hydrogen (secondary N) is 1. The van der Waals surface area contributed by atoms with Crippen molar-refractivity contribution in [2.24, 2.45) is 0 Å². The van der Waals surface area contributed by atoms with Gasteiger partial charge in [0.05, 0.1) is 12.6 Å². The number of fused-ring (bicyclic) bond motifs is 1. The van der Waals surface area contributed by atoms with Gasteiger partial charge in [-0.25, -0.2) is 19.2 Å². The highest BCUT2D eigenvalue weighted by Gasteiger charge is 2.29. The summed E-state index contributed by atoms with van der Waals surface area (Å²) < 4.78 is 19.8. The summed E-state index contributed by atoms with van der Waals surface area (Å²) in [6.45, 7) is 5.96. The Morgan fingerprint density at radius 3 is 2.66 bits per heavy atom. The van der Waals surface area contributed by atoms with E-state index in [9.17, 15) is 14.0 Å². The van der Waals surface area contributed by atoms with Gasteiger partial charge >= 0.3 is 5.69 Å². The minimum absolute atomic E-state index is 0.0679. The minimum Gasteiger partial charge on any atom is -0.481 e. The first-order chi connectivity index (χ1) is 18.3. The molecule has 1 N–H and O–H groups in total. The highest BCUT2D eigenvalue weighted by Crippen LogP contribution is 2.30. The van der Waals surface area contributed by atoms with Crippen molar-refractivity contribution in [2.45, 2.75) is 65.1 Å². The molecule has 0 radical (unpaired) electrons. The third-order valence-electron chi connectivity index (χ3n) is 7.25. The van der Waals surface area contributed by atoms with Crippen LogP contribution in [0.1, 0.15) is 60.8 Å². The zero-order valence-corrected chi connectivity index (χ0v) is 22.5. The number of aromatic amines is 1. The molecule has 0 amide bonds. The predicted octanol–water partition coefficient (Wildman–Crippen LogP) is 5.15. The molecular weight excluding hydrogens is 482 g/mol. The number of ether oxygens (including phenoxy) is 1. The van der Waals surface area contributed by atoms with Gasteiger partial charge in [-0.2, -0.15) is 0 Å². The molecule has 0 aliphatic carbocycles. The van der Waals surface area contributed by atoms with Crippen molar-refractivity contribution in [1.29, 1.82) is 0 Å². The number of Topliss-reactive ketones (excluding diaryl/α,β-unsaturated/α-hetero) is 1. The number of carbonyl (C=O) groups excluding carboxylic acids is 1. The van der Waals surface area contributed by atoms with Crippen LogP contribution in [0.2, 0.25) is 12.6 Å². The molecule has 1 saturated heterocycles. The standard InChI is InChI=1S/C19H21BN4O3.C10H13F/c1-12(25)15-10-13(11-17(22-15)27-2)20-7-5-14(6-8-20)24-16-4-3-9-21-18(16)23-19(24)26;1-3-4-9-7-10(11)6-5-8(9)2/h3-4,9-11,14H,5-8H2,1-2H3,(H,21,23,26);5-7H,3-4H2,1-2H3. The van der Waals surface area contributed by atoms with Gasteiger partial charge in [0.25, 0.3) is 0 Å². The molecule has 1 aliphatic heterocycles. The van der Waals surface area contributed by atoms with Gasteiger partial charge < -0.3 is 4.74 Å². The predicted molar refractivity (Wildman–Crippen MR) is 150 cm³/mol. The summed E-state index contributed by atoms with van der Waals surface area (Å²) in [4.78, 5) is 35.4. The van der Waals surface area contributed by atoms with E-state index >= 15 is 0 Å². The third kappa shape index (κ3) is 6.21. The van der Waals surface area contributed by atoms with Crippen molar-refractivity contribution in [3.05, 3.63) is 81.8 Å². The highest BCUT2D eigenvalue weighted by molar-refractivity contribution is 6.73. The Kier molecular flexibility index (Phi) is 8.76. The monoisotopic (exact) mass is 516 g/mol. The first-order valence-electron chi connectivity index (χ1n) is 13.2. The van der Waals surface area contributed by atoms with Crippen LogP contribution in [0.3, 0.4) is 0 Å². The number of carbonyl (C=O) groups is 1. The van der Waals surface area contributed by atoms with Gasteiger partial charge in [-0.3, -0.25) is 14.3 Å². The van der Waals surface area contributed by atoms with Crippen molar-refractivity contribution < 1.29 is 13.9 Å². The zero-order valence-electron chi connectivity index (χ0n) is 22.5. The van der Waals surface area contributed by atoms with Crippen LogP contribution >= 0.6 is 0 Å². The van der Waals surface area contributed by atoms with Crippen molar-refractivity contribution in [2.75, 3.05) is 7.11 Å². The molecule has 9 heteroatoms. The van der Waals surface area contributed by atoms with Gasteiger partial charge in [-0.05, 0) is 73.7 Å². The van der Waals surface area contributed by atoms with Gasteiger partial charge in [0.15, 0.2) is 18.1 Å². The van der Waals surface area contributed by atoms with E-state index < -0.39 is 0 Å². The molecule has 0 atom stereocenters. The fourth-order valence-electron chi connectivity index (χ4n) is 5.21. The highest BCUT2D eigenvalue weighted by atomic mass is 19.1. The van der Waals surface area contributed by atoms with E-state index in [1.807, 2.05) is 41.8 Å². The lowest BCUT2D eigenvalue weighted by Gasteiger charge is -2.28. The van der Waals surface area contributed by atoms with E-state index in [0.29, 0.717) is 23.9 Å². The maximum absolute atomic E-state index is 12.7. The summed E-state index contributed by atoms with van der Waals surface area (Å²) in [6, 6.07) is 12.7. The molecular formula is C29H34BFN4O3. The number of nitrogens with zero attached hydrogens (tertiary/aromatic N) is 3. The molecule has 3 aromatic heterocycles. The number of ketones is 1. The van der Waals surface area contributed by atoms with E-state index in [1.165, 1.54) is 18.6 Å². The maximum atomic E-state index is 12.7. The van der Waals surface area contributed by atoms with Crippen molar-refractivity contribution in [3.63, 3.8) is 0 Å². The van der Waals surface area contributed by atoms with E-state index in [2.05, 4.69) is 21.9 Å². The Balaban J connectivity index is 0.000000257. The van der Waals surface area contributed by atoms with Gasteiger partial charge in [-0.1, -0.05) is 37.5 Å². The Morgan fingerprint density at radius 1 is 1.21 bits per heavy atom. The number of hydrogen-bond acceptors (Lipinski definition) is 5. The average molecular weight is 516 g/mol. The number of halogens is 1. The normalized spacial score (nSPS) is 13.8. The molecule has 5 rings (SSSR count). The number of methoxy groups -OCH3 is 1. The van der Waals surface area contributed by atoms with E-state index in [1.54, 1.807) is 19.4 Å². The summed E-state index contributed by atoms with van der Waals surface area (Å²) >= 11 is 0. The molecule has 7 nitrogen and oxygen atoms in total. The van der Waals surface area contributed by atoms with Gasteiger partial charge in [-0.15, -0.1) is 0 Å². The lowest BCUT2D eigenvalue weighted by molar-refractivity contribution is 0.101. The van der Waals surface area contributed by atoms with E-state index in [0.717, 1.165) is 54.9 Å². The van der Waals surface area contributed by atoms with Gasteiger partial charge in [0.1, 0.15) is 11.5 Å². The van der Waals surface area contributed by atoms with Crippen molar-refractivity contribution in [3.8, 4) is 5.88 Å². The number of hydrogen-bond donors (Lipinski definition) is 1. The van der Waals surface area contributed by atoms with Crippen LogP contribution in [0.5, 0.6) is 5.88 Å². The molecule has 0 saturated carbocycles. The number of aromatic nitrogens is 4. The number of H-pyrrole nitrogens is 1. The lowest BCUT2D eigenvalue weighted by Crippen LogP contribution is -2.36. The van der Waals surface area contributed by atoms with Crippen LogP contribution in [0, 0.1) is 12.7 Å². The first kappa shape index (κ1) is 27.3. The summed E-state index contributed by atoms with van der Waals surface area (Å²) in [7, 11) is 1.56. The summed E-state index contributed by atoms with van der Waals surface area (Å²) in [6.07, 6.45) is 7.40. The smallest absolute Gasteiger partial charge is 0.327 e. The Morgan fingerprint density at radius 2 is 1.97 bits per heavy atom. The number of imidazole rings is 1. The van der Waals surface area contributed by atoms with Crippen LogP contribution in [-0.4, -0.2) is 39.1 Å². The summed E-state index contributed by atoms with van der Waals surface area (Å²) in [5.74, 6) is 0.277.